The van der Waals surface area contributed by atoms with Gasteiger partial charge in [0.05, 0.1) is 15.9 Å². The van der Waals surface area contributed by atoms with Crippen LogP contribution >= 0.6 is 11.3 Å². The summed E-state index contributed by atoms with van der Waals surface area (Å²) in [5, 5.41) is 9.72. The lowest BCUT2D eigenvalue weighted by atomic mass is 10.3. The van der Waals surface area contributed by atoms with E-state index >= 15 is 0 Å². The van der Waals surface area contributed by atoms with Crippen molar-refractivity contribution in [2.24, 2.45) is 0 Å². The highest BCUT2D eigenvalue weighted by molar-refractivity contribution is 7.89. The average Bonchev–Trinajstić information content (AvgIpc) is 2.92. The quantitative estimate of drug-likeness (QED) is 0.768. The minimum absolute atomic E-state index is 0.241. The molecule has 4 rings (SSSR count). The van der Waals surface area contributed by atoms with Gasteiger partial charge in [-0.3, -0.25) is 4.57 Å². The first-order valence-corrected chi connectivity index (χ1v) is 9.91. The molecule has 1 aliphatic rings. The Morgan fingerprint density at radius 3 is 2.62 bits per heavy atom. The van der Waals surface area contributed by atoms with E-state index in [1.54, 1.807) is 18.2 Å². The average molecular weight is 363 g/mol. The third-order valence-electron chi connectivity index (χ3n) is 4.19. The topological polar surface area (TPSA) is 89.8 Å². The first kappa shape index (κ1) is 15.7. The number of aryl methyl sites for hydroxylation is 2. The molecule has 1 aromatic carbocycles. The maximum absolute atomic E-state index is 12.6. The third kappa shape index (κ3) is 2.62. The van der Waals surface area contributed by atoms with Crippen LogP contribution in [0.4, 0.5) is 0 Å². The van der Waals surface area contributed by atoms with Gasteiger partial charge in [0.1, 0.15) is 10.8 Å². The number of nitrogens with one attached hydrogen (secondary N) is 1. The molecule has 0 radical (unpaired) electrons. The first-order valence-electron chi connectivity index (χ1n) is 7.61. The Balaban J connectivity index is 1.85. The SMILES string of the molecule is Cc1nnc(-n2c(C)nc3ccc(S(=O)(=O)NC4(C)CC4)cc32)s1. The summed E-state index contributed by atoms with van der Waals surface area (Å²) in [6, 6.07) is 4.98. The summed E-state index contributed by atoms with van der Waals surface area (Å²) < 4.78 is 29.9. The molecule has 2 aromatic heterocycles. The Morgan fingerprint density at radius 2 is 2.00 bits per heavy atom. The fraction of sp³-hybridized carbons (Fsp3) is 0.400. The zero-order chi connectivity index (χ0) is 17.1. The van der Waals surface area contributed by atoms with E-state index in [9.17, 15) is 8.42 Å². The van der Waals surface area contributed by atoms with Crippen LogP contribution in [-0.4, -0.2) is 33.7 Å². The van der Waals surface area contributed by atoms with Crippen LogP contribution in [0.25, 0.3) is 16.2 Å². The number of nitrogens with zero attached hydrogens (tertiary/aromatic N) is 4. The Labute approximate surface area is 143 Å². The van der Waals surface area contributed by atoms with Crippen molar-refractivity contribution in [1.29, 1.82) is 0 Å². The summed E-state index contributed by atoms with van der Waals surface area (Å²) in [7, 11) is -3.56. The Morgan fingerprint density at radius 1 is 1.25 bits per heavy atom. The molecule has 0 saturated heterocycles. The second kappa shape index (κ2) is 5.08. The molecule has 126 valence electrons. The number of benzene rings is 1. The number of sulfonamides is 1. The number of fused-ring (bicyclic) bond motifs is 1. The summed E-state index contributed by atoms with van der Waals surface area (Å²) in [5.74, 6) is 0.748. The summed E-state index contributed by atoms with van der Waals surface area (Å²) in [6.07, 6.45) is 1.74. The van der Waals surface area contributed by atoms with Crippen molar-refractivity contribution in [2.75, 3.05) is 0 Å². The van der Waals surface area contributed by atoms with Gasteiger partial charge in [0.15, 0.2) is 0 Å². The largest absolute Gasteiger partial charge is 0.270 e. The molecule has 1 fully saturated rings. The van der Waals surface area contributed by atoms with Crippen LogP contribution in [0, 0.1) is 13.8 Å². The number of aromatic nitrogens is 4. The highest BCUT2D eigenvalue weighted by atomic mass is 32.2. The van der Waals surface area contributed by atoms with Gasteiger partial charge in [-0.05, 0) is 51.8 Å². The van der Waals surface area contributed by atoms with Gasteiger partial charge in [-0.25, -0.2) is 18.1 Å². The van der Waals surface area contributed by atoms with E-state index < -0.39 is 10.0 Å². The molecule has 1 aliphatic carbocycles. The molecule has 0 spiro atoms. The van der Waals surface area contributed by atoms with Crippen molar-refractivity contribution in [3.8, 4) is 5.13 Å². The van der Waals surface area contributed by atoms with Crippen LogP contribution in [-0.2, 0) is 10.0 Å². The molecule has 9 heteroatoms. The maximum atomic E-state index is 12.6. The number of rotatable bonds is 4. The van der Waals surface area contributed by atoms with Gasteiger partial charge in [-0.1, -0.05) is 11.3 Å². The highest BCUT2D eigenvalue weighted by Crippen LogP contribution is 2.36. The molecule has 24 heavy (non-hydrogen) atoms. The number of hydrogen-bond acceptors (Lipinski definition) is 6. The van der Waals surface area contributed by atoms with Crippen LogP contribution in [0.2, 0.25) is 0 Å². The van der Waals surface area contributed by atoms with Gasteiger partial charge in [-0.2, -0.15) is 0 Å². The van der Waals surface area contributed by atoms with E-state index in [0.29, 0.717) is 10.6 Å². The van der Waals surface area contributed by atoms with Gasteiger partial charge >= 0.3 is 0 Å². The summed E-state index contributed by atoms with van der Waals surface area (Å²) >= 11 is 1.44. The van der Waals surface area contributed by atoms with E-state index in [4.69, 9.17) is 0 Å². The monoisotopic (exact) mass is 363 g/mol. The minimum atomic E-state index is -3.56. The second-order valence-corrected chi connectivity index (χ2v) is 9.26. The smallest absolute Gasteiger partial charge is 0.241 e. The lowest BCUT2D eigenvalue weighted by molar-refractivity contribution is 0.558. The Bertz CT molecular complexity index is 1050. The standard InChI is InChI=1S/C15H17N5O2S2/c1-9-16-12-5-4-11(24(21,22)19-15(3)6-7-15)8-13(12)20(9)14-18-17-10(2)23-14/h4-5,8,19H,6-7H2,1-3H3. The number of imidazole rings is 1. The van der Waals surface area contributed by atoms with Crippen LogP contribution in [0.5, 0.6) is 0 Å². The summed E-state index contributed by atoms with van der Waals surface area (Å²) in [5.41, 5.74) is 1.14. The van der Waals surface area contributed by atoms with Gasteiger partial charge in [0.25, 0.3) is 0 Å². The summed E-state index contributed by atoms with van der Waals surface area (Å²) in [4.78, 5) is 4.74. The normalized spacial score (nSPS) is 16.6. The molecule has 0 aliphatic heterocycles. The van der Waals surface area contributed by atoms with Crippen LogP contribution in [0.15, 0.2) is 23.1 Å². The number of hydrogen-bond donors (Lipinski definition) is 1. The Kier molecular flexibility index (Phi) is 3.32. The van der Waals surface area contributed by atoms with Crippen molar-refractivity contribution in [3.05, 3.63) is 29.0 Å². The molecular formula is C15H17N5O2S2. The van der Waals surface area contributed by atoms with Gasteiger partial charge in [-0.15, -0.1) is 10.2 Å². The van der Waals surface area contributed by atoms with Gasteiger partial charge in [0, 0.05) is 5.54 Å². The molecule has 3 aromatic rings. The lowest BCUT2D eigenvalue weighted by Gasteiger charge is -2.12. The van der Waals surface area contributed by atoms with E-state index in [-0.39, 0.29) is 10.4 Å². The third-order valence-corrected chi connectivity index (χ3v) is 6.65. The molecule has 0 unspecified atom stereocenters. The van der Waals surface area contributed by atoms with E-state index in [1.165, 1.54) is 11.3 Å². The molecule has 7 nitrogen and oxygen atoms in total. The van der Waals surface area contributed by atoms with E-state index in [0.717, 1.165) is 29.2 Å². The molecule has 2 heterocycles. The van der Waals surface area contributed by atoms with Crippen LogP contribution in [0.3, 0.4) is 0 Å². The van der Waals surface area contributed by atoms with E-state index in [2.05, 4.69) is 19.9 Å². The van der Waals surface area contributed by atoms with Crippen molar-refractivity contribution in [1.82, 2.24) is 24.5 Å². The molecule has 0 amide bonds. The van der Waals surface area contributed by atoms with Crippen molar-refractivity contribution in [2.45, 2.75) is 44.0 Å². The second-order valence-electron chi connectivity index (χ2n) is 6.41. The van der Waals surface area contributed by atoms with Crippen molar-refractivity contribution < 1.29 is 8.42 Å². The first-order chi connectivity index (χ1) is 11.3. The maximum Gasteiger partial charge on any atom is 0.241 e. The van der Waals surface area contributed by atoms with Crippen LogP contribution in [0.1, 0.15) is 30.6 Å². The fourth-order valence-corrected chi connectivity index (χ4v) is 4.87. The molecule has 1 saturated carbocycles. The van der Waals surface area contributed by atoms with Crippen molar-refractivity contribution >= 4 is 32.4 Å². The minimum Gasteiger partial charge on any atom is -0.270 e. The molecular weight excluding hydrogens is 346 g/mol. The van der Waals surface area contributed by atoms with Crippen molar-refractivity contribution in [3.63, 3.8) is 0 Å². The van der Waals surface area contributed by atoms with Gasteiger partial charge in [0.2, 0.25) is 15.2 Å². The lowest BCUT2D eigenvalue weighted by Crippen LogP contribution is -2.34. The molecule has 0 bridgehead atoms. The Hall–Kier alpha value is -1.84. The summed E-state index contributed by atoms with van der Waals surface area (Å²) in [6.45, 7) is 5.67. The zero-order valence-corrected chi connectivity index (χ0v) is 15.2. The van der Waals surface area contributed by atoms with Gasteiger partial charge < -0.3 is 0 Å². The molecule has 1 N–H and O–H groups in total. The predicted octanol–water partition coefficient (Wildman–Crippen LogP) is 2.32. The van der Waals surface area contributed by atoms with E-state index in [1.807, 2.05) is 25.3 Å². The predicted molar refractivity (Wildman–Crippen MR) is 92.0 cm³/mol. The highest BCUT2D eigenvalue weighted by Gasteiger charge is 2.41. The fourth-order valence-electron chi connectivity index (χ4n) is 2.63. The zero-order valence-electron chi connectivity index (χ0n) is 13.6. The molecule has 0 atom stereocenters. The van der Waals surface area contributed by atoms with Crippen LogP contribution < -0.4 is 4.72 Å².